The third-order valence-electron chi connectivity index (χ3n) is 7.40. The lowest BCUT2D eigenvalue weighted by Gasteiger charge is -2.20. The molecule has 0 amide bonds. The van der Waals surface area contributed by atoms with Gasteiger partial charge in [-0.1, -0.05) is 18.2 Å². The maximum atomic E-state index is 13.8. The Labute approximate surface area is 245 Å². The Bertz CT molecular complexity index is 2330. The van der Waals surface area contributed by atoms with Crippen molar-refractivity contribution >= 4 is 49.0 Å². The van der Waals surface area contributed by atoms with Gasteiger partial charge in [-0.3, -0.25) is 14.1 Å². The van der Waals surface area contributed by atoms with Crippen molar-refractivity contribution in [2.75, 3.05) is 16.3 Å². The average Bonchev–Trinajstić information content (AvgIpc) is 3.71. The molecule has 0 saturated carbocycles. The van der Waals surface area contributed by atoms with Crippen LogP contribution in [0.1, 0.15) is 24.4 Å². The van der Waals surface area contributed by atoms with Crippen molar-refractivity contribution in [3.8, 4) is 16.8 Å². The molecule has 1 atom stereocenters. The Morgan fingerprint density at radius 3 is 2.60 bits per heavy atom. The molecule has 7 rings (SSSR count). The highest BCUT2D eigenvalue weighted by atomic mass is 32.2. The van der Waals surface area contributed by atoms with Crippen LogP contribution in [-0.4, -0.2) is 48.8 Å². The fraction of sp³-hybridized carbons (Fsp3) is 0.133. The van der Waals surface area contributed by atoms with E-state index in [0.717, 1.165) is 33.8 Å². The molecule has 0 spiro atoms. The van der Waals surface area contributed by atoms with Crippen molar-refractivity contribution in [2.24, 2.45) is 0 Å². The minimum Gasteiger partial charge on any atom is -0.361 e. The van der Waals surface area contributed by atoms with Crippen LogP contribution < -0.4 is 15.6 Å². The van der Waals surface area contributed by atoms with Gasteiger partial charge in [-0.15, -0.1) is 0 Å². The molecule has 43 heavy (non-hydrogen) atoms. The summed E-state index contributed by atoms with van der Waals surface area (Å²) in [6, 6.07) is 16.3. The minimum atomic E-state index is -3.50. The van der Waals surface area contributed by atoms with Crippen molar-refractivity contribution in [3.63, 3.8) is 0 Å². The second kappa shape index (κ2) is 9.84. The summed E-state index contributed by atoms with van der Waals surface area (Å²) in [5, 5.41) is 9.94. The number of aromatic amines is 2. The summed E-state index contributed by atoms with van der Waals surface area (Å²) in [6.07, 6.45) is 7.99. The Balaban J connectivity index is 1.38. The molecule has 0 aliphatic rings. The number of H-pyrrole nitrogens is 2. The van der Waals surface area contributed by atoms with Gasteiger partial charge in [-0.25, -0.2) is 22.9 Å². The fourth-order valence-corrected chi connectivity index (χ4v) is 6.10. The van der Waals surface area contributed by atoms with Crippen LogP contribution in [0.3, 0.4) is 0 Å². The molecular weight excluding hydrogens is 566 g/mol. The highest BCUT2D eigenvalue weighted by Crippen LogP contribution is 2.38. The van der Waals surface area contributed by atoms with Crippen molar-refractivity contribution in [2.45, 2.75) is 19.9 Å². The topological polar surface area (TPSA) is 155 Å². The molecule has 4 N–H and O–H groups in total. The Morgan fingerprint density at radius 2 is 1.81 bits per heavy atom. The third kappa shape index (κ3) is 4.59. The highest BCUT2D eigenvalue weighted by Gasteiger charge is 2.23. The highest BCUT2D eigenvalue weighted by molar-refractivity contribution is 7.92. The molecule has 0 radical (unpaired) electrons. The van der Waals surface area contributed by atoms with E-state index in [1.807, 2.05) is 62.5 Å². The van der Waals surface area contributed by atoms with E-state index in [0.29, 0.717) is 39.6 Å². The third-order valence-corrected chi connectivity index (χ3v) is 8.01. The second-order valence-electron chi connectivity index (χ2n) is 10.5. The van der Waals surface area contributed by atoms with E-state index >= 15 is 0 Å². The molecule has 0 aliphatic heterocycles. The van der Waals surface area contributed by atoms with Gasteiger partial charge in [0.1, 0.15) is 23.3 Å². The molecule has 2 aromatic carbocycles. The van der Waals surface area contributed by atoms with Crippen LogP contribution in [0.25, 0.3) is 44.3 Å². The van der Waals surface area contributed by atoms with Crippen LogP contribution in [-0.2, 0) is 10.0 Å². The predicted molar refractivity (Wildman–Crippen MR) is 167 cm³/mol. The van der Waals surface area contributed by atoms with E-state index in [1.165, 1.54) is 6.33 Å². The van der Waals surface area contributed by atoms with Gasteiger partial charge in [0.05, 0.1) is 29.1 Å². The quantitative estimate of drug-likeness (QED) is 0.208. The molecule has 13 heteroatoms. The number of hydrogen-bond acceptors (Lipinski definition) is 7. The van der Waals surface area contributed by atoms with Crippen LogP contribution in [0, 0.1) is 6.92 Å². The lowest BCUT2D eigenvalue weighted by Crippen LogP contribution is -2.29. The zero-order chi connectivity index (χ0) is 29.9. The van der Waals surface area contributed by atoms with Crippen LogP contribution in [0.2, 0.25) is 0 Å². The average molecular weight is 594 g/mol. The molecule has 0 fully saturated rings. The number of benzene rings is 2. The Morgan fingerprint density at radius 1 is 1.00 bits per heavy atom. The van der Waals surface area contributed by atoms with E-state index < -0.39 is 16.1 Å². The number of nitrogens with zero attached hydrogens (tertiary/aromatic N) is 5. The normalized spacial score (nSPS) is 12.7. The molecule has 1 unspecified atom stereocenters. The standard InChI is InChI=1S/C30H27N9O3S/c1-17-10-12-38-26(17)30(40)39(20-7-5-4-6-8-20)29(36-38)18(2)35-28-25-23(15-32-27(25)33-16-34-28)22-13-19(37-43(3,41)42)14-24-21(22)9-11-31-24/h4-16,18,31,37H,1-3H3,(H2,32,33,34,35). The maximum Gasteiger partial charge on any atom is 0.282 e. The van der Waals surface area contributed by atoms with Gasteiger partial charge in [0, 0.05) is 35.1 Å². The molecule has 5 heterocycles. The molecule has 0 aliphatic carbocycles. The summed E-state index contributed by atoms with van der Waals surface area (Å²) >= 11 is 0. The summed E-state index contributed by atoms with van der Waals surface area (Å²) in [6.45, 7) is 3.81. The first kappa shape index (κ1) is 26.5. The maximum absolute atomic E-state index is 13.8. The fourth-order valence-electron chi connectivity index (χ4n) is 5.56. The number of aryl methyl sites for hydroxylation is 1. The van der Waals surface area contributed by atoms with E-state index in [1.54, 1.807) is 33.6 Å². The number of aromatic nitrogens is 7. The molecule has 12 nitrogen and oxygen atoms in total. The van der Waals surface area contributed by atoms with Gasteiger partial charge in [0.15, 0.2) is 5.82 Å². The lowest BCUT2D eigenvalue weighted by molar-refractivity contribution is 0.607. The summed E-state index contributed by atoms with van der Waals surface area (Å²) in [5.41, 5.74) is 5.22. The molecular formula is C30H27N9O3S. The number of nitrogens with one attached hydrogen (secondary N) is 4. The predicted octanol–water partition coefficient (Wildman–Crippen LogP) is 4.76. The second-order valence-corrected chi connectivity index (χ2v) is 12.2. The van der Waals surface area contributed by atoms with Crippen molar-refractivity contribution < 1.29 is 8.42 Å². The minimum absolute atomic E-state index is 0.174. The Kier molecular flexibility index (Phi) is 6.06. The zero-order valence-corrected chi connectivity index (χ0v) is 24.3. The zero-order valence-electron chi connectivity index (χ0n) is 23.5. The monoisotopic (exact) mass is 593 g/mol. The first-order valence-corrected chi connectivity index (χ1v) is 15.4. The van der Waals surface area contributed by atoms with E-state index in [-0.39, 0.29) is 5.56 Å². The summed E-state index contributed by atoms with van der Waals surface area (Å²) in [7, 11) is -3.50. The first-order valence-electron chi connectivity index (χ1n) is 13.5. The molecule has 7 aromatic rings. The summed E-state index contributed by atoms with van der Waals surface area (Å²) in [4.78, 5) is 29.2. The smallest absolute Gasteiger partial charge is 0.282 e. The number of anilines is 2. The number of fused-ring (bicyclic) bond motifs is 3. The number of hydrogen-bond donors (Lipinski definition) is 4. The van der Waals surface area contributed by atoms with Gasteiger partial charge in [0.25, 0.3) is 5.56 Å². The van der Waals surface area contributed by atoms with Crippen LogP contribution >= 0.6 is 0 Å². The van der Waals surface area contributed by atoms with Gasteiger partial charge in [-0.05, 0) is 61.4 Å². The SMILES string of the molecule is Cc1ccn2nc(C(C)Nc3ncnc4[nH]cc(-c5cc(NS(C)(=O)=O)cc6[nH]ccc56)c34)n(-c3ccccc3)c(=O)c12. The Hall–Kier alpha value is -5.43. The number of rotatable bonds is 7. The number of para-hydroxylation sites is 1. The molecule has 216 valence electrons. The van der Waals surface area contributed by atoms with Crippen LogP contribution in [0.4, 0.5) is 11.5 Å². The molecule has 0 saturated heterocycles. The van der Waals surface area contributed by atoms with E-state index in [2.05, 4.69) is 30.0 Å². The van der Waals surface area contributed by atoms with Crippen molar-refractivity contribution in [3.05, 3.63) is 101 Å². The lowest BCUT2D eigenvalue weighted by atomic mass is 10.0. The van der Waals surface area contributed by atoms with E-state index in [9.17, 15) is 13.2 Å². The molecule has 5 aromatic heterocycles. The van der Waals surface area contributed by atoms with Crippen molar-refractivity contribution in [1.82, 2.24) is 34.1 Å². The first-order chi connectivity index (χ1) is 20.7. The van der Waals surface area contributed by atoms with E-state index in [4.69, 9.17) is 5.10 Å². The van der Waals surface area contributed by atoms with Gasteiger partial charge < -0.3 is 15.3 Å². The van der Waals surface area contributed by atoms with Crippen molar-refractivity contribution in [1.29, 1.82) is 0 Å². The summed E-state index contributed by atoms with van der Waals surface area (Å²) < 4.78 is 29.9. The van der Waals surface area contributed by atoms with Crippen LogP contribution in [0.5, 0.6) is 0 Å². The number of sulfonamides is 1. The van der Waals surface area contributed by atoms with Gasteiger partial charge in [0.2, 0.25) is 10.0 Å². The largest absolute Gasteiger partial charge is 0.361 e. The van der Waals surface area contributed by atoms with Gasteiger partial charge in [-0.2, -0.15) is 5.10 Å². The van der Waals surface area contributed by atoms with Crippen LogP contribution in [0.15, 0.2) is 84.3 Å². The summed E-state index contributed by atoms with van der Waals surface area (Å²) in [5.74, 6) is 1.02. The van der Waals surface area contributed by atoms with Gasteiger partial charge >= 0.3 is 0 Å². The molecule has 0 bridgehead atoms.